The van der Waals surface area contributed by atoms with E-state index in [1.54, 1.807) is 10.8 Å². The van der Waals surface area contributed by atoms with Crippen molar-refractivity contribution < 1.29 is 22.3 Å². The van der Waals surface area contributed by atoms with Gasteiger partial charge in [0, 0.05) is 0 Å². The lowest BCUT2D eigenvalue weighted by atomic mass is 10.2. The van der Waals surface area contributed by atoms with Gasteiger partial charge >= 0.3 is 0 Å². The van der Waals surface area contributed by atoms with Crippen LogP contribution in [0.5, 0.6) is 0 Å². The summed E-state index contributed by atoms with van der Waals surface area (Å²) in [5.74, 6) is -3.53. The van der Waals surface area contributed by atoms with Crippen LogP contribution in [0.15, 0.2) is 23.1 Å². The third-order valence-electron chi connectivity index (χ3n) is 2.36. The number of nitrogens with one attached hydrogen (secondary N) is 1. The van der Waals surface area contributed by atoms with Crippen molar-refractivity contribution in [1.29, 1.82) is 5.26 Å². The van der Waals surface area contributed by atoms with E-state index in [2.05, 4.69) is 0 Å². The number of aryl methyl sites for hydroxylation is 1. The van der Waals surface area contributed by atoms with Gasteiger partial charge in [-0.2, -0.15) is 5.26 Å². The first-order valence-corrected chi connectivity index (χ1v) is 6.69. The average Bonchev–Trinajstić information content (AvgIpc) is 2.37. The van der Waals surface area contributed by atoms with Crippen LogP contribution in [0.2, 0.25) is 0 Å². The Balaban J connectivity index is 3.05. The molecule has 0 atom stereocenters. The summed E-state index contributed by atoms with van der Waals surface area (Å²) < 4.78 is 51.0. The van der Waals surface area contributed by atoms with Crippen LogP contribution >= 0.6 is 0 Å². The van der Waals surface area contributed by atoms with E-state index in [1.165, 1.54) is 19.1 Å². The zero-order valence-corrected chi connectivity index (χ0v) is 10.8. The van der Waals surface area contributed by atoms with Crippen molar-refractivity contribution in [2.45, 2.75) is 17.7 Å². The molecule has 0 aliphatic heterocycles. The van der Waals surface area contributed by atoms with Crippen LogP contribution in [0.25, 0.3) is 0 Å². The van der Waals surface area contributed by atoms with Crippen molar-refractivity contribution in [2.24, 2.45) is 0 Å². The lowest BCUT2D eigenvalue weighted by Gasteiger charge is -2.15. The highest BCUT2D eigenvalue weighted by molar-refractivity contribution is 7.89. The summed E-state index contributed by atoms with van der Waals surface area (Å²) in [4.78, 5) is -0.236. The topological polar surface area (TPSA) is 90.2 Å². The van der Waals surface area contributed by atoms with Crippen molar-refractivity contribution in [3.8, 4) is 6.07 Å². The van der Waals surface area contributed by atoms with Gasteiger partial charge in [0.15, 0.2) is 0 Å². The Morgan fingerprint density at radius 3 is 2.63 bits per heavy atom. The van der Waals surface area contributed by atoms with E-state index < -0.39 is 29.1 Å². The number of sulfonamides is 1. The first kappa shape index (κ1) is 15.5. The molecule has 8 heteroatoms. The molecule has 0 radical (unpaired) electrons. The molecule has 0 unspecified atom stereocenters. The Labute approximate surface area is 109 Å². The van der Waals surface area contributed by atoms with Gasteiger partial charge in [0.25, 0.3) is 5.92 Å². The van der Waals surface area contributed by atoms with Gasteiger partial charge in [-0.3, -0.25) is 0 Å². The Morgan fingerprint density at radius 1 is 1.47 bits per heavy atom. The van der Waals surface area contributed by atoms with Gasteiger partial charge < -0.3 is 5.11 Å². The Hall–Kier alpha value is -1.56. The minimum Gasteiger partial charge on any atom is -0.390 e. The molecule has 1 aromatic carbocycles. The monoisotopic (exact) mass is 290 g/mol. The van der Waals surface area contributed by atoms with Gasteiger partial charge in [-0.05, 0) is 24.6 Å². The number of nitrogens with zero attached hydrogens (tertiary/aromatic N) is 1. The van der Waals surface area contributed by atoms with Gasteiger partial charge in [0.1, 0.15) is 6.61 Å². The number of hydrogen-bond acceptors (Lipinski definition) is 4. The molecule has 0 spiro atoms. The number of benzene rings is 1. The Kier molecular flexibility index (Phi) is 4.57. The molecule has 0 bridgehead atoms. The first-order valence-electron chi connectivity index (χ1n) is 5.21. The van der Waals surface area contributed by atoms with Gasteiger partial charge in [-0.25, -0.2) is 21.9 Å². The van der Waals surface area contributed by atoms with Crippen LogP contribution < -0.4 is 4.72 Å². The summed E-state index contributed by atoms with van der Waals surface area (Å²) in [6, 6.07) is 5.72. The van der Waals surface area contributed by atoms with Crippen LogP contribution in [-0.2, 0) is 10.0 Å². The van der Waals surface area contributed by atoms with Gasteiger partial charge in [0.2, 0.25) is 10.0 Å². The normalized spacial score (nSPS) is 12.2. The average molecular weight is 290 g/mol. The van der Waals surface area contributed by atoms with Crippen LogP contribution in [0.4, 0.5) is 8.78 Å². The van der Waals surface area contributed by atoms with Crippen molar-refractivity contribution in [3.63, 3.8) is 0 Å². The maximum Gasteiger partial charge on any atom is 0.283 e. The highest BCUT2D eigenvalue weighted by atomic mass is 32.2. The molecule has 0 amide bonds. The zero-order valence-electron chi connectivity index (χ0n) is 10.0. The maximum atomic E-state index is 12.8. The van der Waals surface area contributed by atoms with Gasteiger partial charge in [0.05, 0.1) is 23.1 Å². The number of halogens is 2. The highest BCUT2D eigenvalue weighted by Crippen LogP contribution is 2.18. The molecule has 0 fully saturated rings. The van der Waals surface area contributed by atoms with Crippen molar-refractivity contribution in [1.82, 2.24) is 4.72 Å². The molecule has 1 rings (SSSR count). The van der Waals surface area contributed by atoms with Crippen LogP contribution in [-0.4, -0.2) is 32.6 Å². The van der Waals surface area contributed by atoms with Crippen molar-refractivity contribution in [2.75, 3.05) is 13.2 Å². The first-order chi connectivity index (χ1) is 8.72. The minimum absolute atomic E-state index is 0.111. The summed E-state index contributed by atoms with van der Waals surface area (Å²) in [7, 11) is -4.16. The molecule has 0 aliphatic carbocycles. The summed E-state index contributed by atoms with van der Waals surface area (Å²) in [5, 5.41) is 17.1. The minimum atomic E-state index is -4.16. The summed E-state index contributed by atoms with van der Waals surface area (Å²) in [5.41, 5.74) is 0.443. The molecule has 19 heavy (non-hydrogen) atoms. The molecule has 2 N–H and O–H groups in total. The van der Waals surface area contributed by atoms with E-state index in [9.17, 15) is 17.2 Å². The second-order valence-electron chi connectivity index (χ2n) is 3.93. The molecule has 104 valence electrons. The molecule has 5 nitrogen and oxygen atoms in total. The van der Waals surface area contributed by atoms with Crippen LogP contribution in [0.1, 0.15) is 11.1 Å². The number of hydrogen-bond donors (Lipinski definition) is 2. The fourth-order valence-electron chi connectivity index (χ4n) is 1.29. The molecule has 0 aromatic heterocycles. The third kappa shape index (κ3) is 3.96. The second-order valence-corrected chi connectivity index (χ2v) is 5.67. The predicted molar refractivity (Wildman–Crippen MR) is 63.1 cm³/mol. The summed E-state index contributed by atoms with van der Waals surface area (Å²) >= 11 is 0. The molecular weight excluding hydrogens is 278 g/mol. The van der Waals surface area contributed by atoms with E-state index in [0.717, 1.165) is 6.07 Å². The predicted octanol–water partition coefficient (Wildman–Crippen LogP) is 0.773. The molecule has 0 heterocycles. The fourth-order valence-corrected chi connectivity index (χ4v) is 2.62. The largest absolute Gasteiger partial charge is 0.390 e. The zero-order chi connectivity index (χ0) is 14.7. The number of rotatable bonds is 5. The maximum absolute atomic E-state index is 12.8. The number of aliphatic hydroxyl groups excluding tert-OH is 1. The van der Waals surface area contributed by atoms with E-state index in [4.69, 9.17) is 10.4 Å². The number of alkyl halides is 2. The molecule has 0 aliphatic rings. The fraction of sp³-hybridized carbons (Fsp3) is 0.364. The quantitative estimate of drug-likeness (QED) is 0.838. The molecule has 0 saturated heterocycles. The van der Waals surface area contributed by atoms with Crippen LogP contribution in [0, 0.1) is 18.3 Å². The van der Waals surface area contributed by atoms with E-state index in [1.807, 2.05) is 0 Å². The number of aliphatic hydroxyl groups is 1. The van der Waals surface area contributed by atoms with Crippen molar-refractivity contribution in [3.05, 3.63) is 29.3 Å². The SMILES string of the molecule is Cc1ccc(C#N)cc1S(=O)(=O)NCC(F)(F)CO. The van der Waals surface area contributed by atoms with E-state index in [-0.39, 0.29) is 10.5 Å². The third-order valence-corrected chi connectivity index (χ3v) is 3.90. The standard InChI is InChI=1S/C11H12F2N2O3S/c1-8-2-3-9(5-14)4-10(8)19(17,18)15-6-11(12,13)7-16/h2-4,15-16H,6-7H2,1H3. The van der Waals surface area contributed by atoms with Crippen LogP contribution in [0.3, 0.4) is 0 Å². The van der Waals surface area contributed by atoms with Gasteiger partial charge in [-0.1, -0.05) is 6.07 Å². The lowest BCUT2D eigenvalue weighted by Crippen LogP contribution is -2.39. The molecule has 1 aromatic rings. The molecular formula is C11H12F2N2O3S. The summed E-state index contributed by atoms with van der Waals surface area (Å²) in [6.45, 7) is -1.17. The van der Waals surface area contributed by atoms with E-state index >= 15 is 0 Å². The van der Waals surface area contributed by atoms with E-state index in [0.29, 0.717) is 5.56 Å². The van der Waals surface area contributed by atoms with Crippen molar-refractivity contribution >= 4 is 10.0 Å². The Bertz CT molecular complexity index is 609. The number of nitriles is 1. The summed E-state index contributed by atoms with van der Waals surface area (Å²) in [6.07, 6.45) is 0. The smallest absolute Gasteiger partial charge is 0.283 e. The Morgan fingerprint density at radius 2 is 2.11 bits per heavy atom. The second kappa shape index (κ2) is 5.61. The van der Waals surface area contributed by atoms with Gasteiger partial charge in [-0.15, -0.1) is 0 Å². The molecule has 0 saturated carbocycles. The highest BCUT2D eigenvalue weighted by Gasteiger charge is 2.30. The lowest BCUT2D eigenvalue weighted by molar-refractivity contribution is -0.0437.